The van der Waals surface area contributed by atoms with Crippen LogP contribution in [-0.4, -0.2) is 6.61 Å². The van der Waals surface area contributed by atoms with E-state index in [1.165, 1.54) is 0 Å². The summed E-state index contributed by atoms with van der Waals surface area (Å²) < 4.78 is 44.8. The number of anilines is 1. The highest BCUT2D eigenvalue weighted by atomic mass is 19.2. The van der Waals surface area contributed by atoms with E-state index in [0.29, 0.717) is 19.2 Å². The summed E-state index contributed by atoms with van der Waals surface area (Å²) in [5, 5.41) is 2.74. The minimum absolute atomic E-state index is 0.0693. The third-order valence-electron chi connectivity index (χ3n) is 2.89. The fraction of sp³-hybridized carbons (Fsp3) is 0.250. The molecule has 2 aromatic carbocycles. The van der Waals surface area contributed by atoms with Crippen molar-refractivity contribution in [3.05, 3.63) is 59.4 Å². The van der Waals surface area contributed by atoms with Gasteiger partial charge in [-0.2, -0.15) is 0 Å². The minimum atomic E-state index is -1.20. The molecule has 0 bridgehead atoms. The largest absolute Gasteiger partial charge is 0.494 e. The first-order valence-electron chi connectivity index (χ1n) is 6.70. The maximum absolute atomic E-state index is 13.4. The molecule has 1 N–H and O–H groups in total. The highest BCUT2D eigenvalue weighted by Gasteiger charge is 2.09. The molecule has 0 aromatic heterocycles. The SMILES string of the molecule is CCCOc1ccc(CNc2cc(F)c(F)cc2F)cc1. The van der Waals surface area contributed by atoms with Crippen LogP contribution in [0.15, 0.2) is 36.4 Å². The van der Waals surface area contributed by atoms with Gasteiger partial charge in [-0.15, -0.1) is 0 Å². The lowest BCUT2D eigenvalue weighted by molar-refractivity contribution is 0.317. The van der Waals surface area contributed by atoms with Crippen LogP contribution in [0.4, 0.5) is 18.9 Å². The van der Waals surface area contributed by atoms with Crippen LogP contribution in [0.1, 0.15) is 18.9 Å². The quantitative estimate of drug-likeness (QED) is 0.792. The average Bonchev–Trinajstić information content (AvgIpc) is 2.48. The summed E-state index contributed by atoms with van der Waals surface area (Å²) in [6.45, 7) is 2.97. The molecule has 0 amide bonds. The van der Waals surface area contributed by atoms with E-state index in [1.54, 1.807) is 0 Å². The van der Waals surface area contributed by atoms with Crippen LogP contribution in [0, 0.1) is 17.5 Å². The molecule has 0 saturated heterocycles. The van der Waals surface area contributed by atoms with Gasteiger partial charge in [0.15, 0.2) is 11.6 Å². The van der Waals surface area contributed by atoms with Crippen molar-refractivity contribution >= 4 is 5.69 Å². The smallest absolute Gasteiger partial charge is 0.161 e. The number of benzene rings is 2. The van der Waals surface area contributed by atoms with Crippen molar-refractivity contribution in [1.29, 1.82) is 0 Å². The monoisotopic (exact) mass is 295 g/mol. The van der Waals surface area contributed by atoms with E-state index in [0.717, 1.165) is 23.8 Å². The van der Waals surface area contributed by atoms with Gasteiger partial charge in [-0.1, -0.05) is 19.1 Å². The van der Waals surface area contributed by atoms with Gasteiger partial charge in [-0.05, 0) is 24.1 Å². The van der Waals surface area contributed by atoms with Gasteiger partial charge >= 0.3 is 0 Å². The van der Waals surface area contributed by atoms with Gasteiger partial charge in [-0.25, -0.2) is 13.2 Å². The molecule has 0 aliphatic rings. The Kier molecular flexibility index (Phi) is 5.09. The van der Waals surface area contributed by atoms with Crippen LogP contribution >= 0.6 is 0 Å². The first kappa shape index (κ1) is 15.2. The molecule has 2 rings (SSSR count). The van der Waals surface area contributed by atoms with E-state index in [9.17, 15) is 13.2 Å². The molecule has 5 heteroatoms. The summed E-state index contributed by atoms with van der Waals surface area (Å²) >= 11 is 0. The Balaban J connectivity index is 1.98. The predicted octanol–water partition coefficient (Wildman–Crippen LogP) is 4.50. The molecule has 0 radical (unpaired) electrons. The predicted molar refractivity (Wildman–Crippen MR) is 75.9 cm³/mol. The number of nitrogens with one attached hydrogen (secondary N) is 1. The Morgan fingerprint density at radius 2 is 1.62 bits per heavy atom. The number of hydrogen-bond acceptors (Lipinski definition) is 2. The maximum Gasteiger partial charge on any atom is 0.161 e. The van der Waals surface area contributed by atoms with Gasteiger partial charge in [0.25, 0.3) is 0 Å². The molecular weight excluding hydrogens is 279 g/mol. The van der Waals surface area contributed by atoms with Gasteiger partial charge in [0.1, 0.15) is 11.6 Å². The molecular formula is C16H16F3NO. The Hall–Kier alpha value is -2.17. The summed E-state index contributed by atoms with van der Waals surface area (Å²) in [5.41, 5.74) is 0.809. The van der Waals surface area contributed by atoms with Crippen LogP contribution < -0.4 is 10.1 Å². The summed E-state index contributed by atoms with van der Waals surface area (Å²) in [6, 6.07) is 8.62. The lowest BCUT2D eigenvalue weighted by Gasteiger charge is -2.09. The number of halogens is 3. The molecule has 0 unspecified atom stereocenters. The Bertz CT molecular complexity index is 599. The van der Waals surface area contributed by atoms with Gasteiger partial charge in [0, 0.05) is 18.7 Å². The molecule has 2 aromatic rings. The Morgan fingerprint density at radius 3 is 2.29 bits per heavy atom. The van der Waals surface area contributed by atoms with Crippen molar-refractivity contribution in [3.63, 3.8) is 0 Å². The second-order valence-electron chi connectivity index (χ2n) is 4.59. The van der Waals surface area contributed by atoms with Crippen LogP contribution in [0.2, 0.25) is 0 Å². The van der Waals surface area contributed by atoms with Gasteiger partial charge < -0.3 is 10.1 Å². The maximum atomic E-state index is 13.4. The fourth-order valence-corrected chi connectivity index (χ4v) is 1.78. The lowest BCUT2D eigenvalue weighted by Crippen LogP contribution is -2.03. The second kappa shape index (κ2) is 7.02. The molecule has 0 fully saturated rings. The van der Waals surface area contributed by atoms with Crippen molar-refractivity contribution in [2.75, 3.05) is 11.9 Å². The average molecular weight is 295 g/mol. The zero-order valence-corrected chi connectivity index (χ0v) is 11.6. The summed E-state index contributed by atoms with van der Waals surface area (Å²) in [5.74, 6) is -2.34. The van der Waals surface area contributed by atoms with E-state index >= 15 is 0 Å². The van der Waals surface area contributed by atoms with Crippen molar-refractivity contribution in [1.82, 2.24) is 0 Å². The first-order valence-corrected chi connectivity index (χ1v) is 6.70. The molecule has 0 aliphatic heterocycles. The third-order valence-corrected chi connectivity index (χ3v) is 2.89. The van der Waals surface area contributed by atoms with E-state index in [1.807, 2.05) is 31.2 Å². The van der Waals surface area contributed by atoms with Crippen LogP contribution in [-0.2, 0) is 6.54 Å². The third kappa shape index (κ3) is 4.15. The van der Waals surface area contributed by atoms with Gasteiger partial charge in [0.2, 0.25) is 0 Å². The molecule has 0 saturated carbocycles. The second-order valence-corrected chi connectivity index (χ2v) is 4.59. The Morgan fingerprint density at radius 1 is 0.952 bits per heavy atom. The van der Waals surface area contributed by atoms with Crippen molar-refractivity contribution in [2.24, 2.45) is 0 Å². The number of rotatable bonds is 6. The highest BCUT2D eigenvalue weighted by Crippen LogP contribution is 2.20. The molecule has 0 spiro atoms. The van der Waals surface area contributed by atoms with Crippen LogP contribution in [0.3, 0.4) is 0 Å². The fourth-order valence-electron chi connectivity index (χ4n) is 1.78. The van der Waals surface area contributed by atoms with Crippen LogP contribution in [0.5, 0.6) is 5.75 Å². The summed E-state index contributed by atoms with van der Waals surface area (Å²) in [6.07, 6.45) is 0.929. The van der Waals surface area contributed by atoms with Crippen molar-refractivity contribution in [2.45, 2.75) is 19.9 Å². The zero-order valence-electron chi connectivity index (χ0n) is 11.6. The summed E-state index contributed by atoms with van der Waals surface area (Å²) in [4.78, 5) is 0. The van der Waals surface area contributed by atoms with Crippen LogP contribution in [0.25, 0.3) is 0 Å². The lowest BCUT2D eigenvalue weighted by atomic mass is 10.2. The molecule has 0 heterocycles. The molecule has 0 atom stereocenters. The van der Waals surface area contributed by atoms with Crippen molar-refractivity contribution in [3.8, 4) is 5.75 Å². The van der Waals surface area contributed by atoms with Gasteiger partial charge in [0.05, 0.1) is 12.3 Å². The van der Waals surface area contributed by atoms with E-state index in [-0.39, 0.29) is 5.69 Å². The van der Waals surface area contributed by atoms with E-state index < -0.39 is 17.5 Å². The Labute approximate surface area is 121 Å². The molecule has 21 heavy (non-hydrogen) atoms. The standard InChI is InChI=1S/C16H16F3NO/c1-2-7-21-12-5-3-11(4-6-12)10-20-16-9-14(18)13(17)8-15(16)19/h3-6,8-9,20H,2,7,10H2,1H3. The molecule has 2 nitrogen and oxygen atoms in total. The molecule has 0 aliphatic carbocycles. The van der Waals surface area contributed by atoms with Gasteiger partial charge in [-0.3, -0.25) is 0 Å². The highest BCUT2D eigenvalue weighted by molar-refractivity contribution is 5.46. The minimum Gasteiger partial charge on any atom is -0.494 e. The summed E-state index contributed by atoms with van der Waals surface area (Å²) in [7, 11) is 0. The normalized spacial score (nSPS) is 10.5. The topological polar surface area (TPSA) is 21.3 Å². The number of ether oxygens (including phenoxy) is 1. The van der Waals surface area contributed by atoms with E-state index in [4.69, 9.17) is 4.74 Å². The molecule has 112 valence electrons. The number of hydrogen-bond donors (Lipinski definition) is 1. The van der Waals surface area contributed by atoms with Crippen molar-refractivity contribution < 1.29 is 17.9 Å². The first-order chi connectivity index (χ1) is 10.1. The van der Waals surface area contributed by atoms with E-state index in [2.05, 4.69) is 5.32 Å². The zero-order chi connectivity index (χ0) is 15.2.